The van der Waals surface area contributed by atoms with Crippen LogP contribution < -0.4 is 0 Å². The lowest BCUT2D eigenvalue weighted by Gasteiger charge is -2.34. The second kappa shape index (κ2) is 7.13. The Labute approximate surface area is 131 Å². The van der Waals surface area contributed by atoms with E-state index in [0.717, 1.165) is 9.37 Å². The van der Waals surface area contributed by atoms with Crippen LogP contribution in [0.4, 0.5) is 0 Å². The molecule has 0 aliphatic heterocycles. The van der Waals surface area contributed by atoms with Gasteiger partial charge < -0.3 is 10.0 Å². The number of amides is 1. The number of aliphatic carboxylic acids is 1. The first kappa shape index (κ1) is 17.0. The number of nitrogens with zero attached hydrogens (tertiary/aromatic N) is 1. The first-order chi connectivity index (χ1) is 9.28. The van der Waals surface area contributed by atoms with Gasteiger partial charge in [-0.2, -0.15) is 0 Å². The molecular weight excluding hydrogens is 342 g/mol. The first-order valence-corrected chi connectivity index (χ1v) is 7.99. The standard InChI is InChI=1S/C14H18BrNO3S/c1-4-16(14(2,3)13(18)19)12(17)9-20-11-7-5-10(15)6-8-11/h5-8H,4,9H2,1-3H3,(H,18,19). The molecule has 20 heavy (non-hydrogen) atoms. The molecule has 0 spiro atoms. The highest BCUT2D eigenvalue weighted by atomic mass is 79.9. The summed E-state index contributed by atoms with van der Waals surface area (Å²) < 4.78 is 0.982. The molecule has 0 saturated heterocycles. The second-order valence-corrected chi connectivity index (χ2v) is 6.71. The molecule has 0 aromatic heterocycles. The van der Waals surface area contributed by atoms with Crippen molar-refractivity contribution in [1.82, 2.24) is 4.90 Å². The van der Waals surface area contributed by atoms with Gasteiger partial charge in [0.25, 0.3) is 0 Å². The Balaban J connectivity index is 2.69. The third kappa shape index (κ3) is 4.24. The SMILES string of the molecule is CCN(C(=O)CSc1ccc(Br)cc1)C(C)(C)C(=O)O. The summed E-state index contributed by atoms with van der Waals surface area (Å²) in [5, 5.41) is 9.20. The van der Waals surface area contributed by atoms with E-state index in [9.17, 15) is 14.7 Å². The lowest BCUT2D eigenvalue weighted by atomic mass is 10.0. The van der Waals surface area contributed by atoms with Gasteiger partial charge in [-0.25, -0.2) is 4.79 Å². The van der Waals surface area contributed by atoms with Gasteiger partial charge in [0.05, 0.1) is 5.75 Å². The van der Waals surface area contributed by atoms with Crippen molar-refractivity contribution in [3.63, 3.8) is 0 Å². The predicted octanol–water partition coefficient (Wildman–Crippen LogP) is 3.25. The Morgan fingerprint density at radius 1 is 1.30 bits per heavy atom. The van der Waals surface area contributed by atoms with Gasteiger partial charge in [-0.1, -0.05) is 15.9 Å². The van der Waals surface area contributed by atoms with Gasteiger partial charge in [-0.15, -0.1) is 11.8 Å². The number of hydrogen-bond donors (Lipinski definition) is 1. The fourth-order valence-electron chi connectivity index (χ4n) is 1.75. The number of carboxylic acid groups (broad SMARTS) is 1. The van der Waals surface area contributed by atoms with Crippen molar-refractivity contribution < 1.29 is 14.7 Å². The maximum Gasteiger partial charge on any atom is 0.329 e. The molecule has 0 bridgehead atoms. The summed E-state index contributed by atoms with van der Waals surface area (Å²) >= 11 is 4.76. The van der Waals surface area contributed by atoms with Gasteiger partial charge in [-0.05, 0) is 45.0 Å². The molecular formula is C14H18BrNO3S. The highest BCUT2D eigenvalue weighted by Crippen LogP contribution is 2.23. The molecule has 0 saturated carbocycles. The summed E-state index contributed by atoms with van der Waals surface area (Å²) in [4.78, 5) is 25.8. The Kier molecular flexibility index (Phi) is 6.07. The number of halogens is 1. The van der Waals surface area contributed by atoms with E-state index >= 15 is 0 Å². The smallest absolute Gasteiger partial charge is 0.329 e. The molecule has 4 nitrogen and oxygen atoms in total. The van der Waals surface area contributed by atoms with Crippen LogP contribution in [0.15, 0.2) is 33.6 Å². The lowest BCUT2D eigenvalue weighted by Crippen LogP contribution is -2.53. The minimum atomic E-state index is -1.19. The Morgan fingerprint density at radius 2 is 1.85 bits per heavy atom. The van der Waals surface area contributed by atoms with Crippen molar-refractivity contribution in [3.05, 3.63) is 28.7 Å². The molecule has 0 heterocycles. The van der Waals surface area contributed by atoms with E-state index in [4.69, 9.17) is 0 Å². The summed E-state index contributed by atoms with van der Waals surface area (Å²) in [5.74, 6) is -0.944. The molecule has 1 aromatic rings. The van der Waals surface area contributed by atoms with Crippen molar-refractivity contribution in [2.45, 2.75) is 31.2 Å². The number of benzene rings is 1. The zero-order valence-electron chi connectivity index (χ0n) is 11.7. The van der Waals surface area contributed by atoms with E-state index in [0.29, 0.717) is 6.54 Å². The lowest BCUT2D eigenvalue weighted by molar-refractivity contribution is -0.155. The van der Waals surface area contributed by atoms with Crippen LogP contribution >= 0.6 is 27.7 Å². The number of carbonyl (C=O) groups excluding carboxylic acids is 1. The topological polar surface area (TPSA) is 57.6 Å². The van der Waals surface area contributed by atoms with Gasteiger partial charge in [0.15, 0.2) is 0 Å². The largest absolute Gasteiger partial charge is 0.480 e. The summed E-state index contributed by atoms with van der Waals surface area (Å²) in [6.07, 6.45) is 0. The van der Waals surface area contributed by atoms with E-state index in [-0.39, 0.29) is 11.7 Å². The summed E-state index contributed by atoms with van der Waals surface area (Å²) in [6, 6.07) is 7.65. The summed E-state index contributed by atoms with van der Waals surface area (Å²) in [6.45, 7) is 5.24. The zero-order chi connectivity index (χ0) is 15.3. The minimum absolute atomic E-state index is 0.173. The van der Waals surface area contributed by atoms with Crippen molar-refractivity contribution in [1.29, 1.82) is 0 Å². The van der Waals surface area contributed by atoms with Crippen molar-refractivity contribution in [2.75, 3.05) is 12.3 Å². The third-order valence-corrected chi connectivity index (χ3v) is 4.52. The Hall–Kier alpha value is -1.01. The minimum Gasteiger partial charge on any atom is -0.480 e. The number of thioether (sulfide) groups is 1. The number of carboxylic acids is 1. The Morgan fingerprint density at radius 3 is 2.30 bits per heavy atom. The van der Waals surface area contributed by atoms with Gasteiger partial charge >= 0.3 is 5.97 Å². The molecule has 0 fully saturated rings. The van der Waals surface area contributed by atoms with Gasteiger partial charge in [0.2, 0.25) is 5.91 Å². The van der Waals surface area contributed by atoms with Crippen LogP contribution in [0.25, 0.3) is 0 Å². The maximum atomic E-state index is 12.2. The van der Waals surface area contributed by atoms with Crippen LogP contribution in [0.2, 0.25) is 0 Å². The number of hydrogen-bond acceptors (Lipinski definition) is 3. The molecule has 0 aliphatic carbocycles. The molecule has 0 radical (unpaired) electrons. The average molecular weight is 360 g/mol. The van der Waals surface area contributed by atoms with Gasteiger partial charge in [0, 0.05) is 15.9 Å². The van der Waals surface area contributed by atoms with Crippen LogP contribution in [-0.2, 0) is 9.59 Å². The molecule has 6 heteroatoms. The highest BCUT2D eigenvalue weighted by molar-refractivity contribution is 9.10. The average Bonchev–Trinajstić information content (AvgIpc) is 2.38. The van der Waals surface area contributed by atoms with E-state index in [1.54, 1.807) is 20.8 Å². The molecule has 0 aliphatic rings. The fraction of sp³-hybridized carbons (Fsp3) is 0.429. The highest BCUT2D eigenvalue weighted by Gasteiger charge is 2.36. The van der Waals surface area contributed by atoms with E-state index < -0.39 is 11.5 Å². The molecule has 0 atom stereocenters. The van der Waals surface area contributed by atoms with Crippen molar-refractivity contribution >= 4 is 39.6 Å². The van der Waals surface area contributed by atoms with Crippen LogP contribution in [0, 0.1) is 0 Å². The maximum absolute atomic E-state index is 12.2. The molecule has 1 aromatic carbocycles. The molecule has 1 N–H and O–H groups in total. The summed E-state index contributed by atoms with van der Waals surface area (Å²) in [5.41, 5.74) is -1.19. The summed E-state index contributed by atoms with van der Waals surface area (Å²) in [7, 11) is 0. The van der Waals surface area contributed by atoms with Crippen LogP contribution in [-0.4, -0.2) is 39.7 Å². The van der Waals surface area contributed by atoms with Crippen LogP contribution in [0.3, 0.4) is 0 Å². The number of carbonyl (C=O) groups is 2. The molecule has 0 unspecified atom stereocenters. The number of rotatable bonds is 6. The van der Waals surface area contributed by atoms with E-state index in [1.807, 2.05) is 24.3 Å². The Bertz CT molecular complexity index is 488. The van der Waals surface area contributed by atoms with Crippen LogP contribution in [0.5, 0.6) is 0 Å². The van der Waals surface area contributed by atoms with Crippen molar-refractivity contribution in [3.8, 4) is 0 Å². The van der Waals surface area contributed by atoms with Crippen molar-refractivity contribution in [2.24, 2.45) is 0 Å². The third-order valence-electron chi connectivity index (χ3n) is 2.99. The van der Waals surface area contributed by atoms with Gasteiger partial charge in [-0.3, -0.25) is 4.79 Å². The first-order valence-electron chi connectivity index (χ1n) is 6.21. The van der Waals surface area contributed by atoms with E-state index in [2.05, 4.69) is 15.9 Å². The molecule has 1 amide bonds. The zero-order valence-corrected chi connectivity index (χ0v) is 14.1. The van der Waals surface area contributed by atoms with E-state index in [1.165, 1.54) is 16.7 Å². The van der Waals surface area contributed by atoms with Gasteiger partial charge in [0.1, 0.15) is 5.54 Å². The second-order valence-electron chi connectivity index (χ2n) is 4.74. The predicted molar refractivity (Wildman–Crippen MR) is 84.0 cm³/mol. The molecule has 1 rings (SSSR count). The monoisotopic (exact) mass is 359 g/mol. The number of likely N-dealkylation sites (N-methyl/N-ethyl adjacent to an activating group) is 1. The molecule has 110 valence electrons. The fourth-order valence-corrected chi connectivity index (χ4v) is 2.79. The normalized spacial score (nSPS) is 11.2. The van der Waals surface area contributed by atoms with Crippen LogP contribution in [0.1, 0.15) is 20.8 Å². The quantitative estimate of drug-likeness (QED) is 0.792.